The predicted molar refractivity (Wildman–Crippen MR) is 79.2 cm³/mol. The average molecular weight is 344 g/mol. The van der Waals surface area contributed by atoms with Crippen molar-refractivity contribution < 1.29 is 23.4 Å². The van der Waals surface area contributed by atoms with Gasteiger partial charge in [0.1, 0.15) is 11.9 Å². The lowest BCUT2D eigenvalue weighted by atomic mass is 9.92. The number of aryl methyl sites for hydroxylation is 1. The van der Waals surface area contributed by atoms with Crippen molar-refractivity contribution in [1.29, 1.82) is 0 Å². The Morgan fingerprint density at radius 2 is 2.12 bits per heavy atom. The maximum atomic E-state index is 14.8. The summed E-state index contributed by atoms with van der Waals surface area (Å²) in [4.78, 5) is 13.7. The van der Waals surface area contributed by atoms with E-state index in [4.69, 9.17) is 4.74 Å². The lowest BCUT2D eigenvalue weighted by molar-refractivity contribution is -0.201. The molecule has 1 aliphatic heterocycles. The summed E-state index contributed by atoms with van der Waals surface area (Å²) in [5.41, 5.74) is -2.26. The number of ether oxygens (including phenoxy) is 1. The number of alkyl halides is 2. The Bertz CT molecular complexity index is 616. The van der Waals surface area contributed by atoms with Crippen LogP contribution in [0.25, 0.3) is 0 Å². The van der Waals surface area contributed by atoms with Crippen LogP contribution in [0.4, 0.5) is 8.78 Å². The first-order valence-electron chi connectivity index (χ1n) is 8.08. The zero-order valence-corrected chi connectivity index (χ0v) is 13.8. The quantitative estimate of drug-likeness (QED) is 0.883. The van der Waals surface area contributed by atoms with Crippen molar-refractivity contribution in [2.75, 3.05) is 13.7 Å². The van der Waals surface area contributed by atoms with Crippen molar-refractivity contribution >= 4 is 5.91 Å². The normalized spacial score (nSPS) is 27.0. The Balaban J connectivity index is 1.90. The number of amides is 1. The molecule has 3 rings (SSSR count). The topological polar surface area (TPSA) is 80.5 Å². The van der Waals surface area contributed by atoms with Gasteiger partial charge in [-0.3, -0.25) is 4.79 Å². The number of aliphatic hydroxyl groups is 1. The molecule has 2 fully saturated rings. The van der Waals surface area contributed by atoms with E-state index in [1.807, 2.05) is 0 Å². The number of likely N-dealkylation sites (tertiary alicyclic amines) is 1. The highest BCUT2D eigenvalue weighted by molar-refractivity contribution is 5.85. The molecule has 1 aromatic heterocycles. The highest BCUT2D eigenvalue weighted by Crippen LogP contribution is 2.45. The first-order chi connectivity index (χ1) is 11.3. The van der Waals surface area contributed by atoms with Gasteiger partial charge in [-0.2, -0.15) is 8.78 Å². The average Bonchev–Trinajstić information content (AvgIpc) is 3.26. The fourth-order valence-electron chi connectivity index (χ4n) is 3.68. The molecule has 0 aromatic carbocycles. The zero-order chi connectivity index (χ0) is 17.5. The maximum Gasteiger partial charge on any atom is 0.352 e. The maximum absolute atomic E-state index is 14.8. The fraction of sp³-hybridized carbons (Fsp3) is 0.800. The van der Waals surface area contributed by atoms with Crippen molar-refractivity contribution in [2.24, 2.45) is 7.05 Å². The van der Waals surface area contributed by atoms with Gasteiger partial charge in [0, 0.05) is 27.1 Å². The second-order valence-corrected chi connectivity index (χ2v) is 6.68. The minimum Gasteiger partial charge on any atom is -0.383 e. The van der Waals surface area contributed by atoms with Gasteiger partial charge in [-0.25, -0.2) is 0 Å². The molecule has 7 nitrogen and oxygen atoms in total. The Kier molecular flexibility index (Phi) is 4.33. The first kappa shape index (κ1) is 17.2. The van der Waals surface area contributed by atoms with Gasteiger partial charge in [-0.05, 0) is 12.8 Å². The minimum absolute atomic E-state index is 0.0402. The molecule has 2 atom stereocenters. The van der Waals surface area contributed by atoms with E-state index in [0.29, 0.717) is 25.1 Å². The second kappa shape index (κ2) is 6.03. The molecular formula is C15H22F2N4O3. The van der Waals surface area contributed by atoms with E-state index in [2.05, 4.69) is 10.2 Å². The van der Waals surface area contributed by atoms with Crippen LogP contribution >= 0.6 is 0 Å². The van der Waals surface area contributed by atoms with Crippen LogP contribution < -0.4 is 0 Å². The van der Waals surface area contributed by atoms with Crippen LogP contribution in [0.1, 0.15) is 44.0 Å². The summed E-state index contributed by atoms with van der Waals surface area (Å²) in [6, 6.07) is -0.647. The van der Waals surface area contributed by atoms with Crippen LogP contribution in [0.3, 0.4) is 0 Å². The summed E-state index contributed by atoms with van der Waals surface area (Å²) >= 11 is 0. The van der Waals surface area contributed by atoms with Gasteiger partial charge in [-0.1, -0.05) is 12.8 Å². The number of nitrogens with zero attached hydrogens (tertiary/aromatic N) is 4. The van der Waals surface area contributed by atoms with E-state index in [0.717, 1.165) is 4.90 Å². The molecule has 24 heavy (non-hydrogen) atoms. The molecule has 1 aromatic rings. The second-order valence-electron chi connectivity index (χ2n) is 6.68. The van der Waals surface area contributed by atoms with Gasteiger partial charge in [-0.15, -0.1) is 10.2 Å². The Labute approximate surface area is 138 Å². The molecule has 1 aliphatic carbocycles. The van der Waals surface area contributed by atoms with Gasteiger partial charge in [0.15, 0.2) is 5.82 Å². The molecule has 1 saturated heterocycles. The van der Waals surface area contributed by atoms with Crippen LogP contribution in [0.5, 0.6) is 0 Å². The number of halogens is 2. The SMILES string of the molecule is CO[C@@H]1C[C@@H](c2nncn2C)N(C(=O)C(F)(F)C2(O)CCCC2)C1. The van der Waals surface area contributed by atoms with Crippen molar-refractivity contribution in [2.45, 2.75) is 55.8 Å². The van der Waals surface area contributed by atoms with Crippen molar-refractivity contribution in [3.8, 4) is 0 Å². The third-order valence-electron chi connectivity index (χ3n) is 5.19. The molecule has 2 heterocycles. The molecule has 1 N–H and O–H groups in total. The monoisotopic (exact) mass is 344 g/mol. The van der Waals surface area contributed by atoms with Crippen LogP contribution in [-0.2, 0) is 16.6 Å². The zero-order valence-electron chi connectivity index (χ0n) is 13.8. The van der Waals surface area contributed by atoms with Gasteiger partial charge in [0.2, 0.25) is 0 Å². The van der Waals surface area contributed by atoms with E-state index in [1.165, 1.54) is 13.4 Å². The molecule has 1 saturated carbocycles. The molecule has 0 unspecified atom stereocenters. The van der Waals surface area contributed by atoms with E-state index in [9.17, 15) is 18.7 Å². The summed E-state index contributed by atoms with van der Waals surface area (Å²) in [6.45, 7) is 0.0402. The van der Waals surface area contributed by atoms with E-state index >= 15 is 0 Å². The van der Waals surface area contributed by atoms with Gasteiger partial charge < -0.3 is 19.3 Å². The minimum atomic E-state index is -3.83. The number of methoxy groups -OCH3 is 1. The van der Waals surface area contributed by atoms with Crippen molar-refractivity contribution in [1.82, 2.24) is 19.7 Å². The molecule has 0 spiro atoms. The molecule has 2 aliphatic rings. The predicted octanol–water partition coefficient (Wildman–Crippen LogP) is 1.04. The number of hydrogen-bond donors (Lipinski definition) is 1. The summed E-state index contributed by atoms with van der Waals surface area (Å²) in [5.74, 6) is -4.76. The molecule has 0 radical (unpaired) electrons. The van der Waals surface area contributed by atoms with Crippen molar-refractivity contribution in [3.05, 3.63) is 12.2 Å². The highest BCUT2D eigenvalue weighted by Gasteiger charge is 2.62. The molecule has 9 heteroatoms. The highest BCUT2D eigenvalue weighted by atomic mass is 19.3. The number of hydrogen-bond acceptors (Lipinski definition) is 5. The smallest absolute Gasteiger partial charge is 0.352 e. The summed E-state index contributed by atoms with van der Waals surface area (Å²) in [6.07, 6.45) is 2.32. The van der Waals surface area contributed by atoms with Gasteiger partial charge in [0.25, 0.3) is 5.91 Å². The lowest BCUT2D eigenvalue weighted by Gasteiger charge is -2.35. The Morgan fingerprint density at radius 1 is 1.46 bits per heavy atom. The largest absolute Gasteiger partial charge is 0.383 e. The fourth-order valence-corrected chi connectivity index (χ4v) is 3.68. The number of rotatable bonds is 4. The standard InChI is InChI=1S/C15H22F2N4O3/c1-20-9-18-19-12(20)11-7-10(24-2)8-21(11)13(22)15(16,17)14(23)5-3-4-6-14/h9-11,23H,3-8H2,1-2H3/t10-,11+/m1/s1. The lowest BCUT2D eigenvalue weighted by Crippen LogP contribution is -2.57. The van der Waals surface area contributed by atoms with E-state index < -0.39 is 23.5 Å². The molecular weight excluding hydrogens is 322 g/mol. The van der Waals surface area contributed by atoms with Crippen LogP contribution in [0.15, 0.2) is 6.33 Å². The van der Waals surface area contributed by atoms with Gasteiger partial charge in [0.05, 0.1) is 12.1 Å². The third-order valence-corrected chi connectivity index (χ3v) is 5.19. The van der Waals surface area contributed by atoms with Crippen molar-refractivity contribution in [3.63, 3.8) is 0 Å². The third kappa shape index (κ3) is 2.59. The Hall–Kier alpha value is -1.61. The van der Waals surface area contributed by atoms with E-state index in [-0.39, 0.29) is 25.5 Å². The summed E-state index contributed by atoms with van der Waals surface area (Å²) < 4.78 is 36.4. The number of carbonyl (C=O) groups is 1. The molecule has 0 bridgehead atoms. The van der Waals surface area contributed by atoms with Gasteiger partial charge >= 0.3 is 5.92 Å². The molecule has 134 valence electrons. The first-order valence-corrected chi connectivity index (χ1v) is 8.08. The van der Waals surface area contributed by atoms with Crippen LogP contribution in [0, 0.1) is 0 Å². The number of aromatic nitrogens is 3. The number of carbonyl (C=O) groups excluding carboxylic acids is 1. The summed E-state index contributed by atoms with van der Waals surface area (Å²) in [5, 5.41) is 18.0. The van der Waals surface area contributed by atoms with E-state index in [1.54, 1.807) is 11.6 Å². The summed E-state index contributed by atoms with van der Waals surface area (Å²) in [7, 11) is 3.18. The van der Waals surface area contributed by atoms with Crippen LogP contribution in [-0.4, -0.2) is 62.0 Å². The molecule has 1 amide bonds. The van der Waals surface area contributed by atoms with Crippen LogP contribution in [0.2, 0.25) is 0 Å². The Morgan fingerprint density at radius 3 is 2.67 bits per heavy atom.